The number of imide groups is 1. The summed E-state index contributed by atoms with van der Waals surface area (Å²) in [5.74, 6) is -0.0593. The minimum absolute atomic E-state index is 0.270. The van der Waals surface area contributed by atoms with Crippen molar-refractivity contribution in [3.63, 3.8) is 0 Å². The Bertz CT molecular complexity index is 466. The number of benzene rings is 1. The fourth-order valence-electron chi connectivity index (χ4n) is 1.36. The minimum Gasteiger partial charge on any atom is -0.483 e. The van der Waals surface area contributed by atoms with E-state index in [1.807, 2.05) is 24.4 Å². The van der Waals surface area contributed by atoms with Crippen molar-refractivity contribution < 1.29 is 14.3 Å². The fraction of sp³-hybridized carbons (Fsp3) is 0.333. The van der Waals surface area contributed by atoms with Crippen LogP contribution in [-0.2, 0) is 11.3 Å². The molecule has 3 amide bonds. The van der Waals surface area contributed by atoms with Gasteiger partial charge in [0.15, 0.2) is 6.61 Å². The van der Waals surface area contributed by atoms with Gasteiger partial charge in [0.05, 0.1) is 4.47 Å². The number of ether oxygens (including phenoxy) is 1. The molecule has 0 aliphatic carbocycles. The van der Waals surface area contributed by atoms with Gasteiger partial charge >= 0.3 is 6.03 Å². The first-order chi connectivity index (χ1) is 9.02. The molecule has 0 heterocycles. The van der Waals surface area contributed by atoms with Crippen LogP contribution in [0.25, 0.3) is 0 Å². The number of amides is 3. The fourth-order valence-corrected chi connectivity index (χ4v) is 1.90. The van der Waals surface area contributed by atoms with E-state index < -0.39 is 11.9 Å². The third kappa shape index (κ3) is 5.71. The zero-order valence-electron chi connectivity index (χ0n) is 10.5. The molecule has 0 aromatic heterocycles. The van der Waals surface area contributed by atoms with Gasteiger partial charge in [0.25, 0.3) is 5.91 Å². The van der Waals surface area contributed by atoms with Crippen LogP contribution in [0.4, 0.5) is 4.79 Å². The lowest BCUT2D eigenvalue weighted by molar-refractivity contribution is -0.121. The number of carbonyl (C=O) groups excluding carboxylic acids is 2. The molecule has 0 bridgehead atoms. The lowest BCUT2D eigenvalue weighted by Crippen LogP contribution is -2.38. The number of hydrogen-bond acceptors (Lipinski definition) is 4. The lowest BCUT2D eigenvalue weighted by atomic mass is 10.2. The maximum Gasteiger partial charge on any atom is 0.318 e. The monoisotopic (exact) mass is 329 g/mol. The topological polar surface area (TPSA) is 93.4 Å². The molecule has 0 aliphatic rings. The highest BCUT2D eigenvalue weighted by molar-refractivity contribution is 9.10. The number of rotatable bonds is 6. The second-order valence-corrected chi connectivity index (χ2v) is 4.60. The molecule has 6 nitrogen and oxygen atoms in total. The van der Waals surface area contributed by atoms with Gasteiger partial charge in [-0.3, -0.25) is 10.1 Å². The van der Waals surface area contributed by atoms with E-state index in [-0.39, 0.29) is 6.61 Å². The first kappa shape index (κ1) is 15.5. The van der Waals surface area contributed by atoms with Gasteiger partial charge < -0.3 is 15.8 Å². The van der Waals surface area contributed by atoms with Crippen molar-refractivity contribution in [3.8, 4) is 5.75 Å². The van der Waals surface area contributed by atoms with Crippen LogP contribution >= 0.6 is 15.9 Å². The zero-order chi connectivity index (χ0) is 14.3. The van der Waals surface area contributed by atoms with Crippen molar-refractivity contribution in [1.82, 2.24) is 10.6 Å². The summed E-state index contributed by atoms with van der Waals surface area (Å²) < 4.78 is 6.02. The number of nitrogens with one attached hydrogen (secondary N) is 2. The third-order valence-electron chi connectivity index (χ3n) is 2.20. The van der Waals surface area contributed by atoms with E-state index in [1.54, 1.807) is 6.07 Å². The number of carbonyl (C=O) groups is 2. The van der Waals surface area contributed by atoms with Gasteiger partial charge in [0.2, 0.25) is 0 Å². The van der Waals surface area contributed by atoms with Gasteiger partial charge in [0.1, 0.15) is 5.75 Å². The molecule has 0 atom stereocenters. The highest BCUT2D eigenvalue weighted by Gasteiger charge is 2.07. The Labute approximate surface area is 119 Å². The maximum atomic E-state index is 11.2. The molecule has 0 spiro atoms. The van der Waals surface area contributed by atoms with Gasteiger partial charge in [-0.2, -0.15) is 0 Å². The average Bonchev–Trinajstić information content (AvgIpc) is 2.34. The largest absolute Gasteiger partial charge is 0.483 e. The summed E-state index contributed by atoms with van der Waals surface area (Å²) in [7, 11) is 0. The van der Waals surface area contributed by atoms with Crippen molar-refractivity contribution in [2.45, 2.75) is 13.5 Å². The minimum atomic E-state index is -0.895. The Balaban J connectivity index is 2.55. The molecule has 19 heavy (non-hydrogen) atoms. The molecule has 0 unspecified atom stereocenters. The first-order valence-electron chi connectivity index (χ1n) is 5.74. The lowest BCUT2D eigenvalue weighted by Gasteiger charge is -2.09. The summed E-state index contributed by atoms with van der Waals surface area (Å²) in [4.78, 5) is 21.6. The van der Waals surface area contributed by atoms with E-state index in [1.165, 1.54) is 0 Å². The Morgan fingerprint density at radius 3 is 2.74 bits per heavy atom. The van der Waals surface area contributed by atoms with Gasteiger partial charge in [-0.25, -0.2) is 4.79 Å². The molecule has 0 fully saturated rings. The van der Waals surface area contributed by atoms with E-state index in [4.69, 9.17) is 10.5 Å². The number of hydrogen-bond donors (Lipinski definition) is 3. The van der Waals surface area contributed by atoms with Crippen LogP contribution in [0.5, 0.6) is 5.75 Å². The summed E-state index contributed by atoms with van der Waals surface area (Å²) in [6.07, 6.45) is 0. The Hall–Kier alpha value is -1.60. The van der Waals surface area contributed by atoms with Crippen LogP contribution in [0.3, 0.4) is 0 Å². The molecule has 1 rings (SSSR count). The van der Waals surface area contributed by atoms with Crippen molar-refractivity contribution in [1.29, 1.82) is 0 Å². The van der Waals surface area contributed by atoms with E-state index in [0.29, 0.717) is 5.75 Å². The van der Waals surface area contributed by atoms with Gasteiger partial charge in [0, 0.05) is 6.54 Å². The molecular formula is C12H16BrN3O3. The molecule has 7 heteroatoms. The Kier molecular flexibility index (Phi) is 6.31. The van der Waals surface area contributed by atoms with E-state index in [0.717, 1.165) is 23.1 Å². The van der Waals surface area contributed by atoms with Crippen molar-refractivity contribution in [2.75, 3.05) is 13.2 Å². The van der Waals surface area contributed by atoms with Crippen LogP contribution < -0.4 is 21.1 Å². The first-order valence-corrected chi connectivity index (χ1v) is 6.53. The third-order valence-corrected chi connectivity index (χ3v) is 2.82. The van der Waals surface area contributed by atoms with Gasteiger partial charge in [-0.05, 0) is 40.2 Å². The second-order valence-electron chi connectivity index (χ2n) is 3.75. The molecule has 0 saturated carbocycles. The molecule has 0 aliphatic heterocycles. The summed E-state index contributed by atoms with van der Waals surface area (Å²) in [6, 6.07) is 4.67. The molecule has 4 N–H and O–H groups in total. The summed E-state index contributed by atoms with van der Waals surface area (Å²) in [5.41, 5.74) is 5.92. The quantitative estimate of drug-likeness (QED) is 0.729. The van der Waals surface area contributed by atoms with Crippen LogP contribution in [0, 0.1) is 0 Å². The van der Waals surface area contributed by atoms with Crippen LogP contribution in [0.2, 0.25) is 0 Å². The van der Waals surface area contributed by atoms with E-state index in [2.05, 4.69) is 21.2 Å². The Morgan fingerprint density at radius 1 is 1.42 bits per heavy atom. The summed E-state index contributed by atoms with van der Waals surface area (Å²) in [6.45, 7) is 3.42. The predicted octanol–water partition coefficient (Wildman–Crippen LogP) is 1.13. The van der Waals surface area contributed by atoms with E-state index in [9.17, 15) is 9.59 Å². The molecule has 0 saturated heterocycles. The Morgan fingerprint density at radius 2 is 2.16 bits per heavy atom. The normalized spacial score (nSPS) is 10.0. The SMILES string of the molecule is CCNCc1ccc(OCC(=O)NC(N)=O)c(Br)c1. The van der Waals surface area contributed by atoms with Crippen LogP contribution in [-0.4, -0.2) is 25.1 Å². The number of halogens is 1. The summed E-state index contributed by atoms with van der Waals surface area (Å²) in [5, 5.41) is 5.13. The van der Waals surface area contributed by atoms with Crippen molar-refractivity contribution in [3.05, 3.63) is 28.2 Å². The van der Waals surface area contributed by atoms with Gasteiger partial charge in [-0.1, -0.05) is 13.0 Å². The second kappa shape index (κ2) is 7.75. The number of urea groups is 1. The molecule has 104 valence electrons. The molecule has 0 radical (unpaired) electrons. The molecule has 1 aromatic carbocycles. The zero-order valence-corrected chi connectivity index (χ0v) is 12.1. The molecular weight excluding hydrogens is 314 g/mol. The summed E-state index contributed by atoms with van der Waals surface area (Å²) >= 11 is 3.36. The van der Waals surface area contributed by atoms with Crippen molar-refractivity contribution in [2.24, 2.45) is 5.73 Å². The average molecular weight is 330 g/mol. The predicted molar refractivity (Wildman–Crippen MR) is 74.7 cm³/mol. The van der Waals surface area contributed by atoms with Gasteiger partial charge in [-0.15, -0.1) is 0 Å². The standard InChI is InChI=1S/C12H16BrN3O3/c1-2-15-6-8-3-4-10(9(13)5-8)19-7-11(17)16-12(14)18/h3-5,15H,2,6-7H2,1H3,(H3,14,16,17,18). The van der Waals surface area contributed by atoms with Crippen LogP contribution in [0.1, 0.15) is 12.5 Å². The smallest absolute Gasteiger partial charge is 0.318 e. The highest BCUT2D eigenvalue weighted by atomic mass is 79.9. The highest BCUT2D eigenvalue weighted by Crippen LogP contribution is 2.25. The number of primary amides is 1. The van der Waals surface area contributed by atoms with Crippen LogP contribution in [0.15, 0.2) is 22.7 Å². The van der Waals surface area contributed by atoms with E-state index >= 15 is 0 Å². The van der Waals surface area contributed by atoms with Crippen molar-refractivity contribution >= 4 is 27.9 Å². The molecule has 1 aromatic rings. The maximum absolute atomic E-state index is 11.2. The number of nitrogens with two attached hydrogens (primary N) is 1.